The van der Waals surface area contributed by atoms with Crippen molar-refractivity contribution in [2.24, 2.45) is 0 Å². The number of nitrogens with one attached hydrogen (secondary N) is 1. The number of ether oxygens (including phenoxy) is 1. The molecule has 0 saturated carbocycles. The highest BCUT2D eigenvalue weighted by Gasteiger charge is 2.26. The van der Waals surface area contributed by atoms with Gasteiger partial charge < -0.3 is 14.8 Å². The van der Waals surface area contributed by atoms with Crippen LogP contribution in [-0.2, 0) is 4.74 Å². The van der Waals surface area contributed by atoms with E-state index in [1.165, 1.54) is 0 Å². The van der Waals surface area contributed by atoms with E-state index in [-0.39, 0.29) is 29.6 Å². The number of rotatable bonds is 2. The van der Waals surface area contributed by atoms with Crippen molar-refractivity contribution < 1.29 is 9.84 Å². The molecule has 0 radical (unpaired) electrons. The van der Waals surface area contributed by atoms with Crippen molar-refractivity contribution >= 4 is 0 Å². The van der Waals surface area contributed by atoms with E-state index < -0.39 is 0 Å². The van der Waals surface area contributed by atoms with Crippen LogP contribution in [0, 0.1) is 0 Å². The second kappa shape index (κ2) is 4.49. The molecule has 0 aliphatic carbocycles. The summed E-state index contributed by atoms with van der Waals surface area (Å²) in [5.41, 5.74) is 0.0606. The third-order valence-corrected chi connectivity index (χ3v) is 3.07. The minimum absolute atomic E-state index is 0.0521. The van der Waals surface area contributed by atoms with Crippen LogP contribution in [0.4, 0.5) is 0 Å². The topological polar surface area (TPSA) is 75.2 Å². The van der Waals surface area contributed by atoms with E-state index in [9.17, 15) is 9.90 Å². The Morgan fingerprint density at radius 2 is 2.18 bits per heavy atom. The second-order valence-electron chi connectivity index (χ2n) is 4.86. The molecule has 0 bridgehead atoms. The predicted molar refractivity (Wildman–Crippen MR) is 63.1 cm³/mol. The summed E-state index contributed by atoms with van der Waals surface area (Å²) in [6, 6.07) is 0. The van der Waals surface area contributed by atoms with Crippen LogP contribution in [0.5, 0.6) is 5.88 Å². The fraction of sp³-hybridized carbons (Fsp3) is 0.667. The SMILES string of the molecule is CC1CCC(c2nc(O)c(C(C)C)c(=O)[nH]2)O1. The first-order valence-corrected chi connectivity index (χ1v) is 5.97. The molecule has 0 spiro atoms. The van der Waals surface area contributed by atoms with E-state index in [0.29, 0.717) is 11.4 Å². The van der Waals surface area contributed by atoms with Crippen molar-refractivity contribution in [3.8, 4) is 5.88 Å². The Morgan fingerprint density at radius 1 is 1.47 bits per heavy atom. The fourth-order valence-electron chi connectivity index (χ4n) is 2.16. The minimum atomic E-state index is -0.273. The summed E-state index contributed by atoms with van der Waals surface area (Å²) in [6.07, 6.45) is 1.74. The van der Waals surface area contributed by atoms with Crippen molar-refractivity contribution in [1.82, 2.24) is 9.97 Å². The zero-order valence-corrected chi connectivity index (χ0v) is 10.4. The van der Waals surface area contributed by atoms with Gasteiger partial charge in [0.2, 0.25) is 5.88 Å². The summed E-state index contributed by atoms with van der Waals surface area (Å²) in [7, 11) is 0. The highest BCUT2D eigenvalue weighted by Crippen LogP contribution is 2.31. The van der Waals surface area contributed by atoms with Crippen molar-refractivity contribution in [3.05, 3.63) is 21.7 Å². The molecule has 1 fully saturated rings. The molecule has 2 unspecified atom stereocenters. The van der Waals surface area contributed by atoms with Gasteiger partial charge in [-0.3, -0.25) is 4.79 Å². The van der Waals surface area contributed by atoms with Gasteiger partial charge in [0.15, 0.2) is 0 Å². The minimum Gasteiger partial charge on any atom is -0.493 e. The lowest BCUT2D eigenvalue weighted by Gasteiger charge is -2.12. The first kappa shape index (κ1) is 12.1. The average Bonchev–Trinajstić information content (AvgIpc) is 2.63. The maximum absolute atomic E-state index is 11.8. The number of nitrogens with zero attached hydrogens (tertiary/aromatic N) is 1. The molecule has 0 aromatic carbocycles. The molecule has 1 saturated heterocycles. The van der Waals surface area contributed by atoms with Crippen LogP contribution in [0.25, 0.3) is 0 Å². The van der Waals surface area contributed by atoms with Crippen molar-refractivity contribution in [2.45, 2.75) is 51.7 Å². The molecule has 1 aromatic heterocycles. The number of aromatic hydroxyl groups is 1. The molecule has 0 amide bonds. The molecule has 1 aromatic rings. The third-order valence-electron chi connectivity index (χ3n) is 3.07. The number of H-pyrrole nitrogens is 1. The Bertz CT molecular complexity index is 467. The Kier molecular flexibility index (Phi) is 3.19. The van der Waals surface area contributed by atoms with E-state index in [0.717, 1.165) is 12.8 Å². The van der Waals surface area contributed by atoms with Gasteiger partial charge in [-0.15, -0.1) is 0 Å². The van der Waals surface area contributed by atoms with E-state index >= 15 is 0 Å². The lowest BCUT2D eigenvalue weighted by atomic mass is 10.1. The van der Waals surface area contributed by atoms with Gasteiger partial charge in [0, 0.05) is 0 Å². The van der Waals surface area contributed by atoms with Crippen LogP contribution < -0.4 is 5.56 Å². The van der Waals surface area contributed by atoms with Crippen molar-refractivity contribution in [3.63, 3.8) is 0 Å². The van der Waals surface area contributed by atoms with Crippen LogP contribution in [0.15, 0.2) is 4.79 Å². The molecule has 2 heterocycles. The molecule has 2 atom stereocenters. The Labute approximate surface area is 99.9 Å². The summed E-state index contributed by atoms with van der Waals surface area (Å²) < 4.78 is 5.61. The molecule has 2 rings (SSSR count). The maximum Gasteiger partial charge on any atom is 0.258 e. The number of hydrogen-bond acceptors (Lipinski definition) is 4. The molecule has 5 heteroatoms. The lowest BCUT2D eigenvalue weighted by molar-refractivity contribution is 0.0497. The molecule has 2 N–H and O–H groups in total. The molecule has 5 nitrogen and oxygen atoms in total. The number of aromatic amines is 1. The summed E-state index contributed by atoms with van der Waals surface area (Å²) >= 11 is 0. The molecular weight excluding hydrogens is 220 g/mol. The van der Waals surface area contributed by atoms with Crippen LogP contribution in [0.1, 0.15) is 57.0 Å². The lowest BCUT2D eigenvalue weighted by Crippen LogP contribution is -2.19. The van der Waals surface area contributed by atoms with Gasteiger partial charge in [0.05, 0.1) is 11.7 Å². The predicted octanol–water partition coefficient (Wildman–Crippen LogP) is 1.84. The van der Waals surface area contributed by atoms with Gasteiger partial charge in [-0.25, -0.2) is 0 Å². The van der Waals surface area contributed by atoms with Crippen LogP contribution in [-0.4, -0.2) is 21.2 Å². The molecular formula is C12H18N2O3. The van der Waals surface area contributed by atoms with Gasteiger partial charge in [-0.05, 0) is 25.7 Å². The number of hydrogen-bond donors (Lipinski definition) is 2. The monoisotopic (exact) mass is 238 g/mol. The van der Waals surface area contributed by atoms with Crippen molar-refractivity contribution in [1.29, 1.82) is 0 Å². The van der Waals surface area contributed by atoms with Gasteiger partial charge >= 0.3 is 0 Å². The van der Waals surface area contributed by atoms with Crippen LogP contribution >= 0.6 is 0 Å². The van der Waals surface area contributed by atoms with Gasteiger partial charge in [-0.1, -0.05) is 13.8 Å². The normalized spacial score (nSPS) is 24.5. The summed E-state index contributed by atoms with van der Waals surface area (Å²) in [6.45, 7) is 5.68. The molecule has 94 valence electrons. The van der Waals surface area contributed by atoms with Crippen molar-refractivity contribution in [2.75, 3.05) is 0 Å². The average molecular weight is 238 g/mol. The van der Waals surface area contributed by atoms with E-state index in [1.54, 1.807) is 0 Å². The summed E-state index contributed by atoms with van der Waals surface area (Å²) in [4.78, 5) is 18.6. The zero-order chi connectivity index (χ0) is 12.6. The first-order chi connectivity index (χ1) is 7.99. The Balaban J connectivity index is 2.36. The van der Waals surface area contributed by atoms with Crippen LogP contribution in [0.2, 0.25) is 0 Å². The molecule has 17 heavy (non-hydrogen) atoms. The smallest absolute Gasteiger partial charge is 0.258 e. The quantitative estimate of drug-likeness (QED) is 0.824. The fourth-order valence-corrected chi connectivity index (χ4v) is 2.16. The molecule has 1 aliphatic rings. The highest BCUT2D eigenvalue weighted by atomic mass is 16.5. The molecule has 1 aliphatic heterocycles. The second-order valence-corrected chi connectivity index (χ2v) is 4.86. The van der Waals surface area contributed by atoms with E-state index in [1.807, 2.05) is 20.8 Å². The highest BCUT2D eigenvalue weighted by molar-refractivity contribution is 5.26. The Morgan fingerprint density at radius 3 is 2.65 bits per heavy atom. The van der Waals surface area contributed by atoms with Gasteiger partial charge in [-0.2, -0.15) is 4.98 Å². The number of aromatic nitrogens is 2. The third kappa shape index (κ3) is 2.34. The van der Waals surface area contributed by atoms with E-state index in [2.05, 4.69) is 9.97 Å². The van der Waals surface area contributed by atoms with Crippen LogP contribution in [0.3, 0.4) is 0 Å². The largest absolute Gasteiger partial charge is 0.493 e. The standard InChI is InChI=1S/C12H18N2O3/c1-6(2)9-11(15)13-10(14-12(9)16)8-5-4-7(3)17-8/h6-8H,4-5H2,1-3H3,(H2,13,14,15,16). The maximum atomic E-state index is 11.8. The summed E-state index contributed by atoms with van der Waals surface area (Å²) in [5, 5.41) is 9.78. The Hall–Kier alpha value is -1.36. The first-order valence-electron chi connectivity index (χ1n) is 5.97. The zero-order valence-electron chi connectivity index (χ0n) is 10.4. The summed E-state index contributed by atoms with van der Waals surface area (Å²) in [5.74, 6) is 0.201. The van der Waals surface area contributed by atoms with Gasteiger partial charge in [0.1, 0.15) is 11.9 Å². The van der Waals surface area contributed by atoms with E-state index in [4.69, 9.17) is 4.74 Å². The van der Waals surface area contributed by atoms with Gasteiger partial charge in [0.25, 0.3) is 5.56 Å².